The molecule has 0 unspecified atom stereocenters. The quantitative estimate of drug-likeness (QED) is 0.0537. The number of halogens is 3. The van der Waals surface area contributed by atoms with Gasteiger partial charge in [-0.1, -0.05) is 19.9 Å². The number of carbonyl (C=O) groups is 1. The zero-order valence-electron chi connectivity index (χ0n) is 37.1. The van der Waals surface area contributed by atoms with E-state index in [0.29, 0.717) is 19.3 Å². The zero-order chi connectivity index (χ0) is 46.9. The van der Waals surface area contributed by atoms with Crippen LogP contribution in [0.2, 0.25) is 0 Å². The van der Waals surface area contributed by atoms with Crippen molar-refractivity contribution in [2.45, 2.75) is 200 Å². The van der Waals surface area contributed by atoms with Gasteiger partial charge in [-0.05, 0) is 93.0 Å². The highest BCUT2D eigenvalue weighted by atomic mass is 35.5. The van der Waals surface area contributed by atoms with Crippen LogP contribution in [0.1, 0.15) is 97.3 Å². The number of ether oxygens (including phenoxy) is 8. The monoisotopic (exact) mass is 986 g/mol. The van der Waals surface area contributed by atoms with Crippen LogP contribution >= 0.6 is 34.8 Å². The molecule has 372 valence electrons. The van der Waals surface area contributed by atoms with Crippen molar-refractivity contribution in [3.63, 3.8) is 0 Å². The highest BCUT2D eigenvalue weighted by molar-refractivity contribution is 6.21. The van der Waals surface area contributed by atoms with E-state index in [1.807, 2.05) is 6.92 Å². The molecule has 4 saturated carbocycles. The third kappa shape index (κ3) is 9.09. The maximum Gasteiger partial charge on any atom is 0.312 e. The van der Waals surface area contributed by atoms with E-state index in [1.165, 1.54) is 0 Å². The van der Waals surface area contributed by atoms with Gasteiger partial charge in [0, 0.05) is 25.1 Å². The molecule has 0 aromatic heterocycles. The largest absolute Gasteiger partial charge is 0.462 e. The number of aliphatic hydroxyl groups is 8. The SMILES string of the molecule is C=C1C[C@@]23CC[C@H]4[C@@](C)(CCC[C@@]4(C)C(=O)OC[C@H]4O[C@H](O[C@]5(CCl)O[C@H](CCCl)[C@@H](O)[C@@H]5O)[C@H](O)[C@@H](O)[C@H]4Cl)[C@@H]2CC[C@]1(O[C@H]1C[C@@H](O[C@H]2C[C@@H](O)C[C@@H](CO)O2)[C@H](O)[C@@H](CO)O1)C3. The van der Waals surface area contributed by atoms with Crippen LogP contribution in [-0.2, 0) is 42.7 Å². The Labute approximate surface area is 394 Å². The van der Waals surface area contributed by atoms with Gasteiger partial charge in [-0.2, -0.15) is 0 Å². The van der Waals surface area contributed by atoms with Gasteiger partial charge in [-0.3, -0.25) is 4.79 Å². The molecule has 20 heteroatoms. The molecule has 4 saturated heterocycles. The summed E-state index contributed by atoms with van der Waals surface area (Å²) < 4.78 is 48.9. The topological polar surface area (TPSA) is 253 Å². The van der Waals surface area contributed by atoms with Crippen LogP contribution in [-0.4, -0.2) is 181 Å². The number of aliphatic hydroxyl groups excluding tert-OH is 8. The molecule has 0 amide bonds. The van der Waals surface area contributed by atoms with Gasteiger partial charge in [-0.25, -0.2) is 0 Å². The van der Waals surface area contributed by atoms with Gasteiger partial charge < -0.3 is 78.7 Å². The molecule has 17 nitrogen and oxygen atoms in total. The summed E-state index contributed by atoms with van der Waals surface area (Å²) in [6.07, 6.45) is -8.33. The lowest BCUT2D eigenvalue weighted by Gasteiger charge is -2.64. The van der Waals surface area contributed by atoms with Crippen LogP contribution < -0.4 is 0 Å². The Morgan fingerprint density at radius 3 is 2.28 bits per heavy atom. The lowest BCUT2D eigenvalue weighted by atomic mass is 9.41. The number of alkyl halides is 3. The molecule has 8 aliphatic rings. The summed E-state index contributed by atoms with van der Waals surface area (Å²) in [5.41, 5.74) is -0.962. The van der Waals surface area contributed by atoms with E-state index in [-0.39, 0.29) is 67.4 Å². The molecule has 8 fully saturated rings. The molecule has 4 aliphatic carbocycles. The average Bonchev–Trinajstić information content (AvgIpc) is 3.62. The predicted molar refractivity (Wildman–Crippen MR) is 230 cm³/mol. The molecule has 0 aromatic carbocycles. The smallest absolute Gasteiger partial charge is 0.312 e. The number of carbonyl (C=O) groups excluding carboxylic acids is 1. The van der Waals surface area contributed by atoms with Gasteiger partial charge >= 0.3 is 5.97 Å². The third-order valence-corrected chi connectivity index (χ3v) is 18.0. The van der Waals surface area contributed by atoms with Gasteiger partial charge in [0.25, 0.3) is 0 Å². The molecule has 1 spiro atoms. The highest BCUT2D eigenvalue weighted by Crippen LogP contribution is 2.73. The third-order valence-electron chi connectivity index (χ3n) is 16.9. The van der Waals surface area contributed by atoms with Crippen LogP contribution in [0.25, 0.3) is 0 Å². The van der Waals surface area contributed by atoms with E-state index in [1.54, 1.807) is 0 Å². The number of rotatable bonds is 14. The van der Waals surface area contributed by atoms with E-state index in [9.17, 15) is 45.6 Å². The van der Waals surface area contributed by atoms with Gasteiger partial charge in [0.15, 0.2) is 18.9 Å². The normalized spacial score (nSPS) is 52.2. The Morgan fingerprint density at radius 2 is 1.57 bits per heavy atom. The van der Waals surface area contributed by atoms with Crippen molar-refractivity contribution in [2.75, 3.05) is 31.6 Å². The molecule has 22 atom stereocenters. The van der Waals surface area contributed by atoms with E-state index < -0.39 is 127 Å². The summed E-state index contributed by atoms with van der Waals surface area (Å²) in [5.74, 6) is -2.53. The highest BCUT2D eigenvalue weighted by Gasteiger charge is 2.69. The summed E-state index contributed by atoms with van der Waals surface area (Å²) in [5, 5.41) is 83.6. The summed E-state index contributed by atoms with van der Waals surface area (Å²) in [4.78, 5) is 14.5. The first kappa shape index (κ1) is 50.9. The maximum atomic E-state index is 14.5. The second-order valence-corrected chi connectivity index (χ2v) is 21.9. The Kier molecular flexibility index (Phi) is 15.3. The first-order chi connectivity index (χ1) is 30.8. The summed E-state index contributed by atoms with van der Waals surface area (Å²) in [7, 11) is 0. The zero-order valence-corrected chi connectivity index (χ0v) is 39.4. The fourth-order valence-electron chi connectivity index (χ4n) is 13.7. The van der Waals surface area contributed by atoms with Crippen LogP contribution in [0.15, 0.2) is 12.2 Å². The fraction of sp³-hybridized carbons (Fsp3) is 0.933. The van der Waals surface area contributed by atoms with Crippen LogP contribution in [0.3, 0.4) is 0 Å². The van der Waals surface area contributed by atoms with Crippen molar-refractivity contribution >= 4 is 40.8 Å². The van der Waals surface area contributed by atoms with Crippen LogP contribution in [0.5, 0.6) is 0 Å². The van der Waals surface area contributed by atoms with Gasteiger partial charge in [0.1, 0.15) is 49.3 Å². The first-order valence-electron chi connectivity index (χ1n) is 23.4. The average molecular weight is 988 g/mol. The predicted octanol–water partition coefficient (Wildman–Crippen LogP) is 2.10. The lowest BCUT2D eigenvalue weighted by molar-refractivity contribution is -0.358. The standard InChI is InChI=1S/C45H69Cl3O17/c1-22-16-43-10-5-29-41(2,30(43)6-11-44(22,20-43)64-32-15-26(34(52)27(18-50)61-32)60-31-14-23(51)13-24(17-49)59-31)8-4-9-42(29,3)40(57)58-19-28-33(48)36(54)37(55)39(62-28)65-45(21-47)38(56)35(53)25(63-45)7-12-46/h23-39,49-56H,1,4-21H2,2-3H3/t23-,24-,25+,26+,27+,28+,29-,30-,31-,32-,33-,34-,35+,36-,37+,38-,39+,41+,42+,43+,44-,45-/m0/s1. The van der Waals surface area contributed by atoms with Crippen molar-refractivity contribution in [1.29, 1.82) is 0 Å². The second-order valence-electron chi connectivity index (χ2n) is 20.8. The molecule has 4 aliphatic heterocycles. The maximum absolute atomic E-state index is 14.5. The number of fused-ring (bicyclic) bond motifs is 3. The summed E-state index contributed by atoms with van der Waals surface area (Å²) in [6, 6.07) is 0. The Hall–Kier alpha value is -0.520. The summed E-state index contributed by atoms with van der Waals surface area (Å²) in [6.45, 7) is 7.76. The number of esters is 1. The molecule has 2 bridgehead atoms. The van der Waals surface area contributed by atoms with Crippen molar-refractivity contribution in [3.05, 3.63) is 12.2 Å². The Bertz CT molecular complexity index is 1700. The van der Waals surface area contributed by atoms with Gasteiger partial charge in [-0.15, -0.1) is 34.8 Å². The van der Waals surface area contributed by atoms with Crippen molar-refractivity contribution in [1.82, 2.24) is 0 Å². The molecule has 4 heterocycles. The molecule has 65 heavy (non-hydrogen) atoms. The minimum absolute atomic E-state index is 0.0222. The van der Waals surface area contributed by atoms with E-state index >= 15 is 0 Å². The van der Waals surface area contributed by atoms with E-state index in [2.05, 4.69) is 13.5 Å². The molecule has 8 rings (SSSR count). The Morgan fingerprint density at radius 1 is 0.815 bits per heavy atom. The van der Waals surface area contributed by atoms with Crippen molar-refractivity contribution in [2.24, 2.45) is 28.1 Å². The van der Waals surface area contributed by atoms with Crippen LogP contribution in [0.4, 0.5) is 0 Å². The Balaban J connectivity index is 0.923. The minimum atomic E-state index is -2.01. The fourth-order valence-corrected chi connectivity index (χ4v) is 14.5. The molecule has 8 N–H and O–H groups in total. The minimum Gasteiger partial charge on any atom is -0.462 e. The van der Waals surface area contributed by atoms with E-state index in [0.717, 1.165) is 44.1 Å². The van der Waals surface area contributed by atoms with Gasteiger partial charge in [0.2, 0.25) is 5.79 Å². The first-order valence-corrected chi connectivity index (χ1v) is 24.9. The van der Waals surface area contributed by atoms with E-state index in [4.69, 9.17) is 72.7 Å². The van der Waals surface area contributed by atoms with Gasteiger partial charge in [0.05, 0.1) is 59.9 Å². The molecule has 0 radical (unpaired) electrons. The number of hydrogen-bond acceptors (Lipinski definition) is 17. The second kappa shape index (κ2) is 19.6. The molecular formula is C45H69Cl3O17. The van der Waals surface area contributed by atoms with Crippen molar-refractivity contribution < 1.29 is 83.5 Å². The summed E-state index contributed by atoms with van der Waals surface area (Å²) >= 11 is 18.7. The molecule has 0 aromatic rings. The molecular weight excluding hydrogens is 919 g/mol. The lowest BCUT2D eigenvalue weighted by Crippen LogP contribution is -2.62. The number of hydrogen-bond donors (Lipinski definition) is 8. The van der Waals surface area contributed by atoms with Crippen molar-refractivity contribution in [3.8, 4) is 0 Å². The van der Waals surface area contributed by atoms with Crippen LogP contribution in [0, 0.1) is 28.1 Å².